The highest BCUT2D eigenvalue weighted by atomic mass is 16.1. The van der Waals surface area contributed by atoms with Gasteiger partial charge in [-0.05, 0) is 51.7 Å². The first kappa shape index (κ1) is 17.0. The Kier molecular flexibility index (Phi) is 5.71. The zero-order valence-electron chi connectivity index (χ0n) is 14.2. The van der Waals surface area contributed by atoms with E-state index in [2.05, 4.69) is 41.6 Å². The van der Waals surface area contributed by atoms with E-state index in [1.54, 1.807) is 12.3 Å². The second-order valence-electron chi connectivity index (χ2n) is 5.93. The van der Waals surface area contributed by atoms with Crippen LogP contribution in [0, 0.1) is 13.8 Å². The van der Waals surface area contributed by atoms with Crippen molar-refractivity contribution in [2.24, 2.45) is 0 Å². The van der Waals surface area contributed by atoms with Crippen molar-refractivity contribution in [1.29, 1.82) is 0 Å². The molecule has 0 aliphatic carbocycles. The Morgan fingerprint density at radius 2 is 1.96 bits per heavy atom. The van der Waals surface area contributed by atoms with Crippen LogP contribution in [0.2, 0.25) is 0 Å². The average Bonchev–Trinajstić information content (AvgIpc) is 2.50. The number of nitrogens with one attached hydrogen (secondary N) is 2. The topological polar surface area (TPSA) is 57.3 Å². The van der Waals surface area contributed by atoms with E-state index in [9.17, 15) is 4.79 Å². The van der Waals surface area contributed by atoms with Crippen LogP contribution in [-0.2, 0) is 0 Å². The molecule has 1 heterocycles. The van der Waals surface area contributed by atoms with E-state index in [4.69, 9.17) is 0 Å². The number of likely N-dealkylation sites (N-methyl/N-ethyl adjacent to an activating group) is 1. The van der Waals surface area contributed by atoms with Crippen molar-refractivity contribution < 1.29 is 4.79 Å². The number of nitrogens with zero attached hydrogens (tertiary/aromatic N) is 2. The molecule has 0 atom stereocenters. The highest BCUT2D eigenvalue weighted by Crippen LogP contribution is 2.21. The molecule has 1 amide bonds. The Morgan fingerprint density at radius 3 is 2.65 bits per heavy atom. The summed E-state index contributed by atoms with van der Waals surface area (Å²) >= 11 is 0. The van der Waals surface area contributed by atoms with Gasteiger partial charge in [-0.1, -0.05) is 17.7 Å². The molecule has 0 fully saturated rings. The smallest absolute Gasteiger partial charge is 0.269 e. The molecule has 122 valence electrons. The van der Waals surface area contributed by atoms with Gasteiger partial charge in [0.1, 0.15) is 5.69 Å². The van der Waals surface area contributed by atoms with Crippen LogP contribution < -0.4 is 10.6 Å². The number of pyridine rings is 1. The molecule has 1 aromatic carbocycles. The van der Waals surface area contributed by atoms with Gasteiger partial charge in [0.15, 0.2) is 0 Å². The van der Waals surface area contributed by atoms with Gasteiger partial charge in [0, 0.05) is 30.7 Å². The first-order valence-corrected chi connectivity index (χ1v) is 7.69. The predicted octanol–water partition coefficient (Wildman–Crippen LogP) is 2.73. The Labute approximate surface area is 137 Å². The number of rotatable bonds is 6. The number of carbonyl (C=O) groups is 1. The Morgan fingerprint density at radius 1 is 1.17 bits per heavy atom. The summed E-state index contributed by atoms with van der Waals surface area (Å²) in [7, 11) is 3.94. The van der Waals surface area contributed by atoms with E-state index < -0.39 is 0 Å². The summed E-state index contributed by atoms with van der Waals surface area (Å²) in [6.07, 6.45) is 1.65. The zero-order valence-corrected chi connectivity index (χ0v) is 14.2. The molecule has 0 radical (unpaired) electrons. The molecule has 0 spiro atoms. The second-order valence-corrected chi connectivity index (χ2v) is 5.93. The maximum absolute atomic E-state index is 12.1. The minimum absolute atomic E-state index is 0.156. The molecule has 5 nitrogen and oxygen atoms in total. The Hall–Kier alpha value is -2.40. The highest BCUT2D eigenvalue weighted by molar-refractivity contribution is 5.93. The quantitative estimate of drug-likeness (QED) is 0.861. The van der Waals surface area contributed by atoms with Gasteiger partial charge >= 0.3 is 0 Å². The summed E-state index contributed by atoms with van der Waals surface area (Å²) in [5.41, 5.74) is 4.69. The molecule has 0 unspecified atom stereocenters. The molecule has 2 aromatic rings. The Balaban J connectivity index is 2.06. The van der Waals surface area contributed by atoms with Crippen LogP contribution in [0.3, 0.4) is 0 Å². The van der Waals surface area contributed by atoms with Crippen LogP contribution in [0.15, 0.2) is 36.5 Å². The van der Waals surface area contributed by atoms with Gasteiger partial charge < -0.3 is 15.5 Å². The molecule has 2 rings (SSSR count). The molecule has 0 bridgehead atoms. The fourth-order valence-corrected chi connectivity index (χ4v) is 2.23. The third-order valence-electron chi connectivity index (χ3n) is 3.50. The van der Waals surface area contributed by atoms with Crippen molar-refractivity contribution in [3.63, 3.8) is 0 Å². The normalized spacial score (nSPS) is 10.7. The molecule has 2 N–H and O–H groups in total. The molecule has 0 saturated carbocycles. The van der Waals surface area contributed by atoms with Gasteiger partial charge in [0.2, 0.25) is 0 Å². The third kappa shape index (κ3) is 5.07. The van der Waals surface area contributed by atoms with Crippen molar-refractivity contribution in [3.05, 3.63) is 53.3 Å². The largest absolute Gasteiger partial charge is 0.355 e. The summed E-state index contributed by atoms with van der Waals surface area (Å²) in [6, 6.07) is 9.85. The van der Waals surface area contributed by atoms with Crippen molar-refractivity contribution in [2.75, 3.05) is 32.5 Å². The van der Waals surface area contributed by atoms with Crippen LogP contribution >= 0.6 is 0 Å². The molecular formula is C18H24N4O. The van der Waals surface area contributed by atoms with E-state index in [1.165, 1.54) is 11.1 Å². The van der Waals surface area contributed by atoms with E-state index in [1.807, 2.05) is 31.1 Å². The van der Waals surface area contributed by atoms with Gasteiger partial charge in [0.05, 0.1) is 0 Å². The summed E-state index contributed by atoms with van der Waals surface area (Å²) < 4.78 is 0. The van der Waals surface area contributed by atoms with Crippen LogP contribution in [0.1, 0.15) is 21.6 Å². The molecular weight excluding hydrogens is 288 g/mol. The second kappa shape index (κ2) is 7.74. The van der Waals surface area contributed by atoms with Gasteiger partial charge in [0.25, 0.3) is 5.91 Å². The van der Waals surface area contributed by atoms with Gasteiger partial charge in [-0.3, -0.25) is 9.78 Å². The predicted molar refractivity (Wildman–Crippen MR) is 94.3 cm³/mol. The van der Waals surface area contributed by atoms with Crippen LogP contribution in [0.4, 0.5) is 11.4 Å². The van der Waals surface area contributed by atoms with Crippen molar-refractivity contribution in [2.45, 2.75) is 13.8 Å². The lowest BCUT2D eigenvalue weighted by Gasteiger charge is -2.12. The van der Waals surface area contributed by atoms with E-state index in [0.29, 0.717) is 12.2 Å². The minimum Gasteiger partial charge on any atom is -0.355 e. The van der Waals surface area contributed by atoms with Gasteiger partial charge in [-0.25, -0.2) is 0 Å². The van der Waals surface area contributed by atoms with Crippen LogP contribution in [-0.4, -0.2) is 43.0 Å². The number of hydrogen-bond donors (Lipinski definition) is 2. The lowest BCUT2D eigenvalue weighted by molar-refractivity contribution is 0.0946. The molecule has 5 heteroatoms. The molecule has 23 heavy (non-hydrogen) atoms. The fraction of sp³-hybridized carbons (Fsp3) is 0.333. The zero-order chi connectivity index (χ0) is 16.8. The first-order valence-electron chi connectivity index (χ1n) is 7.69. The number of hydrogen-bond acceptors (Lipinski definition) is 4. The summed E-state index contributed by atoms with van der Waals surface area (Å²) in [6.45, 7) is 5.53. The molecule has 0 saturated heterocycles. The van der Waals surface area contributed by atoms with Gasteiger partial charge in [-0.2, -0.15) is 0 Å². The lowest BCUT2D eigenvalue weighted by atomic mass is 10.1. The maximum Gasteiger partial charge on any atom is 0.269 e. The Bertz CT molecular complexity index is 682. The number of aryl methyl sites for hydroxylation is 2. The fourth-order valence-electron chi connectivity index (χ4n) is 2.23. The minimum atomic E-state index is -0.156. The summed E-state index contributed by atoms with van der Waals surface area (Å²) in [5, 5.41) is 6.21. The average molecular weight is 312 g/mol. The number of amides is 1. The summed E-state index contributed by atoms with van der Waals surface area (Å²) in [4.78, 5) is 18.3. The number of benzene rings is 1. The molecule has 1 aromatic heterocycles. The highest BCUT2D eigenvalue weighted by Gasteiger charge is 2.08. The number of anilines is 2. The molecule has 0 aliphatic rings. The van der Waals surface area contributed by atoms with Crippen LogP contribution in [0.25, 0.3) is 0 Å². The van der Waals surface area contributed by atoms with Crippen molar-refractivity contribution in [1.82, 2.24) is 15.2 Å². The molecule has 0 aliphatic heterocycles. The SMILES string of the molecule is Cc1ccc(Nc2ccnc(C(=O)NCCN(C)C)c2)c(C)c1. The standard InChI is InChI=1S/C18H24N4O/c1-13-5-6-16(14(2)11-13)21-15-7-8-19-17(12-15)18(23)20-9-10-22(3)4/h5-8,11-12H,9-10H2,1-4H3,(H,19,21)(H,20,23). The maximum atomic E-state index is 12.1. The van der Waals surface area contributed by atoms with Gasteiger partial charge in [-0.15, -0.1) is 0 Å². The van der Waals surface area contributed by atoms with E-state index >= 15 is 0 Å². The van der Waals surface area contributed by atoms with Crippen molar-refractivity contribution in [3.8, 4) is 0 Å². The van der Waals surface area contributed by atoms with E-state index in [-0.39, 0.29) is 5.91 Å². The first-order chi connectivity index (χ1) is 11.0. The lowest BCUT2D eigenvalue weighted by Crippen LogP contribution is -2.31. The monoisotopic (exact) mass is 312 g/mol. The van der Waals surface area contributed by atoms with E-state index in [0.717, 1.165) is 17.9 Å². The number of carbonyl (C=O) groups excluding carboxylic acids is 1. The van der Waals surface area contributed by atoms with Crippen molar-refractivity contribution >= 4 is 17.3 Å². The van der Waals surface area contributed by atoms with Crippen LogP contribution in [0.5, 0.6) is 0 Å². The number of aromatic nitrogens is 1. The summed E-state index contributed by atoms with van der Waals surface area (Å²) in [5.74, 6) is -0.156. The third-order valence-corrected chi connectivity index (χ3v) is 3.50.